The van der Waals surface area contributed by atoms with E-state index in [-0.39, 0.29) is 26.2 Å². The first-order chi connectivity index (χ1) is 9.20. The Morgan fingerprint density at radius 1 is 0.750 bits per heavy atom. The molecule has 0 amide bonds. The number of aliphatic carboxylic acids is 2. The van der Waals surface area contributed by atoms with Crippen molar-refractivity contribution in [3.8, 4) is 0 Å². The van der Waals surface area contributed by atoms with Crippen molar-refractivity contribution in [1.82, 2.24) is 9.80 Å². The smallest absolute Gasteiger partial charge is 0.317 e. The number of carboxylic acids is 2. The lowest BCUT2D eigenvalue weighted by Crippen LogP contribution is -2.44. The Labute approximate surface area is 115 Å². The lowest BCUT2D eigenvalue weighted by atomic mass is 10.3. The summed E-state index contributed by atoms with van der Waals surface area (Å²) in [6, 6.07) is 0. The van der Waals surface area contributed by atoms with Crippen LogP contribution in [0.5, 0.6) is 0 Å². The first-order valence-electron chi connectivity index (χ1n) is 5.81. The van der Waals surface area contributed by atoms with Crippen LogP contribution >= 0.6 is 0 Å². The van der Waals surface area contributed by atoms with Crippen LogP contribution in [0.25, 0.3) is 0 Å². The molecule has 20 heavy (non-hydrogen) atoms. The Hall–Kier alpha value is -1.30. The standard InChI is InChI=1S/C10H20N2O8/c13-7(14)3-11(4-8(15)16)1-2-12(5-9(17)18)6-10(19)20/h7-8,13-16H,1-6H2,(H,17,18)(H,19,20). The first-order valence-corrected chi connectivity index (χ1v) is 5.81. The molecule has 118 valence electrons. The Balaban J connectivity index is 4.42. The molecule has 0 atom stereocenters. The van der Waals surface area contributed by atoms with Gasteiger partial charge in [-0.3, -0.25) is 19.4 Å². The van der Waals surface area contributed by atoms with Gasteiger partial charge in [0.05, 0.1) is 13.1 Å². The summed E-state index contributed by atoms with van der Waals surface area (Å²) in [7, 11) is 0. The molecule has 0 spiro atoms. The van der Waals surface area contributed by atoms with E-state index in [1.807, 2.05) is 0 Å². The molecule has 0 aliphatic carbocycles. The summed E-state index contributed by atoms with van der Waals surface area (Å²) in [5, 5.41) is 52.7. The average Bonchev–Trinajstić information content (AvgIpc) is 2.22. The molecule has 0 aromatic carbocycles. The second-order valence-corrected chi connectivity index (χ2v) is 4.22. The number of aliphatic hydroxyl groups is 4. The zero-order valence-corrected chi connectivity index (χ0v) is 10.8. The predicted octanol–water partition coefficient (Wildman–Crippen LogP) is -3.62. The average molecular weight is 296 g/mol. The van der Waals surface area contributed by atoms with E-state index in [0.717, 1.165) is 4.90 Å². The minimum Gasteiger partial charge on any atom is -0.480 e. The molecule has 0 rings (SSSR count). The van der Waals surface area contributed by atoms with Gasteiger partial charge >= 0.3 is 11.9 Å². The molecule has 0 saturated carbocycles. The van der Waals surface area contributed by atoms with E-state index in [0.29, 0.717) is 0 Å². The molecular formula is C10H20N2O8. The minimum atomic E-state index is -1.69. The maximum absolute atomic E-state index is 10.6. The molecule has 0 fully saturated rings. The quantitative estimate of drug-likeness (QED) is 0.210. The number of rotatable bonds is 11. The highest BCUT2D eigenvalue weighted by atomic mass is 16.5. The zero-order valence-electron chi connectivity index (χ0n) is 10.8. The number of hydrogen-bond acceptors (Lipinski definition) is 8. The van der Waals surface area contributed by atoms with Crippen LogP contribution in [0.4, 0.5) is 0 Å². The van der Waals surface area contributed by atoms with Gasteiger partial charge in [-0.15, -0.1) is 0 Å². The Bertz CT molecular complexity index is 284. The van der Waals surface area contributed by atoms with Crippen molar-refractivity contribution in [1.29, 1.82) is 0 Å². The van der Waals surface area contributed by atoms with Gasteiger partial charge in [0.2, 0.25) is 0 Å². The van der Waals surface area contributed by atoms with Gasteiger partial charge in [-0.25, -0.2) is 0 Å². The topological polar surface area (TPSA) is 162 Å². The van der Waals surface area contributed by atoms with E-state index >= 15 is 0 Å². The van der Waals surface area contributed by atoms with Gasteiger partial charge in [0.25, 0.3) is 0 Å². The highest BCUT2D eigenvalue weighted by molar-refractivity contribution is 5.72. The van der Waals surface area contributed by atoms with Crippen molar-refractivity contribution in [3.05, 3.63) is 0 Å². The lowest BCUT2D eigenvalue weighted by Gasteiger charge is -2.27. The molecule has 0 aliphatic rings. The highest BCUT2D eigenvalue weighted by Crippen LogP contribution is 1.96. The number of aliphatic hydroxyl groups excluding tert-OH is 2. The van der Waals surface area contributed by atoms with Crippen LogP contribution in [0.1, 0.15) is 0 Å². The summed E-state index contributed by atoms with van der Waals surface area (Å²) < 4.78 is 0. The largest absolute Gasteiger partial charge is 0.480 e. The van der Waals surface area contributed by atoms with Gasteiger partial charge in [0.15, 0.2) is 12.6 Å². The third-order valence-corrected chi connectivity index (χ3v) is 2.29. The molecular weight excluding hydrogens is 276 g/mol. The fourth-order valence-corrected chi connectivity index (χ4v) is 1.60. The molecule has 10 heteroatoms. The monoisotopic (exact) mass is 296 g/mol. The second-order valence-electron chi connectivity index (χ2n) is 4.22. The first kappa shape index (κ1) is 18.7. The van der Waals surface area contributed by atoms with Crippen LogP contribution in [0, 0.1) is 0 Å². The van der Waals surface area contributed by atoms with E-state index in [4.69, 9.17) is 30.6 Å². The fraction of sp³-hybridized carbons (Fsp3) is 0.800. The third kappa shape index (κ3) is 10.6. The molecule has 0 saturated heterocycles. The molecule has 0 aromatic rings. The summed E-state index contributed by atoms with van der Waals surface area (Å²) in [6.07, 6.45) is -3.39. The van der Waals surface area contributed by atoms with E-state index in [9.17, 15) is 9.59 Å². The molecule has 10 nitrogen and oxygen atoms in total. The van der Waals surface area contributed by atoms with Crippen molar-refractivity contribution in [3.63, 3.8) is 0 Å². The van der Waals surface area contributed by atoms with Crippen molar-refractivity contribution >= 4 is 11.9 Å². The van der Waals surface area contributed by atoms with Gasteiger partial charge in [-0.1, -0.05) is 0 Å². The molecule has 0 bridgehead atoms. The van der Waals surface area contributed by atoms with Crippen molar-refractivity contribution in [2.24, 2.45) is 0 Å². The Morgan fingerprint density at radius 3 is 1.40 bits per heavy atom. The highest BCUT2D eigenvalue weighted by Gasteiger charge is 2.17. The summed E-state index contributed by atoms with van der Waals surface area (Å²) in [5.41, 5.74) is 0. The molecule has 0 heterocycles. The summed E-state index contributed by atoms with van der Waals surface area (Å²) in [6.45, 7) is -1.45. The predicted molar refractivity (Wildman–Crippen MR) is 64.6 cm³/mol. The minimum absolute atomic E-state index is 0.0119. The van der Waals surface area contributed by atoms with E-state index in [1.165, 1.54) is 4.90 Å². The van der Waals surface area contributed by atoms with Gasteiger partial charge in [0.1, 0.15) is 0 Å². The van der Waals surface area contributed by atoms with E-state index < -0.39 is 37.6 Å². The number of carbonyl (C=O) groups is 2. The summed E-state index contributed by atoms with van der Waals surface area (Å²) in [5.74, 6) is -2.38. The molecule has 0 unspecified atom stereocenters. The van der Waals surface area contributed by atoms with Crippen LogP contribution in [-0.4, -0.2) is 104 Å². The van der Waals surface area contributed by atoms with Crippen LogP contribution < -0.4 is 0 Å². The molecule has 0 aliphatic heterocycles. The van der Waals surface area contributed by atoms with Gasteiger partial charge in [-0.05, 0) is 0 Å². The number of nitrogens with zero attached hydrogens (tertiary/aromatic N) is 2. The van der Waals surface area contributed by atoms with Crippen molar-refractivity contribution < 1.29 is 40.2 Å². The van der Waals surface area contributed by atoms with Gasteiger partial charge in [0, 0.05) is 26.2 Å². The molecule has 0 aromatic heterocycles. The summed E-state index contributed by atoms with van der Waals surface area (Å²) >= 11 is 0. The van der Waals surface area contributed by atoms with Crippen LogP contribution in [0.15, 0.2) is 0 Å². The van der Waals surface area contributed by atoms with E-state index in [2.05, 4.69) is 0 Å². The zero-order chi connectivity index (χ0) is 15.7. The Morgan fingerprint density at radius 2 is 1.10 bits per heavy atom. The molecule has 6 N–H and O–H groups in total. The van der Waals surface area contributed by atoms with Crippen LogP contribution in [-0.2, 0) is 9.59 Å². The molecule has 0 radical (unpaired) electrons. The second kappa shape index (κ2) is 9.58. The number of carboxylic acid groups (broad SMARTS) is 2. The SMILES string of the molecule is O=C(O)CN(CCN(CC(O)O)CC(O)O)CC(=O)O. The maximum Gasteiger partial charge on any atom is 0.317 e. The van der Waals surface area contributed by atoms with Gasteiger partial charge < -0.3 is 30.6 Å². The normalized spacial score (nSPS) is 11.8. The maximum atomic E-state index is 10.6. The van der Waals surface area contributed by atoms with E-state index in [1.54, 1.807) is 0 Å². The van der Waals surface area contributed by atoms with Gasteiger partial charge in [-0.2, -0.15) is 0 Å². The fourth-order valence-electron chi connectivity index (χ4n) is 1.60. The Kier molecular flexibility index (Phi) is 8.96. The summed E-state index contributed by atoms with van der Waals surface area (Å²) in [4.78, 5) is 23.6. The van der Waals surface area contributed by atoms with Crippen LogP contribution in [0.3, 0.4) is 0 Å². The van der Waals surface area contributed by atoms with Crippen molar-refractivity contribution in [2.45, 2.75) is 12.6 Å². The van der Waals surface area contributed by atoms with Crippen LogP contribution in [0.2, 0.25) is 0 Å². The number of hydrogen-bond donors (Lipinski definition) is 6. The van der Waals surface area contributed by atoms with Crippen molar-refractivity contribution in [2.75, 3.05) is 39.3 Å². The third-order valence-electron chi connectivity index (χ3n) is 2.29. The lowest BCUT2D eigenvalue weighted by molar-refractivity contribution is -0.142.